The van der Waals surface area contributed by atoms with E-state index in [0.717, 1.165) is 12.1 Å². The van der Waals surface area contributed by atoms with Crippen LogP contribution >= 0.6 is 11.6 Å². The minimum absolute atomic E-state index is 0.0527. The Bertz CT molecular complexity index is 1110. The predicted octanol–water partition coefficient (Wildman–Crippen LogP) is 4.89. The van der Waals surface area contributed by atoms with Gasteiger partial charge in [-0.3, -0.25) is 4.79 Å². The number of aromatic amines is 1. The monoisotopic (exact) mass is 411 g/mol. The fourth-order valence-electron chi connectivity index (χ4n) is 3.13. The van der Waals surface area contributed by atoms with E-state index in [1.54, 1.807) is 0 Å². The van der Waals surface area contributed by atoms with E-state index in [2.05, 4.69) is 4.98 Å². The Morgan fingerprint density at radius 1 is 1.11 bits per heavy atom. The van der Waals surface area contributed by atoms with E-state index in [9.17, 15) is 28.2 Å². The summed E-state index contributed by atoms with van der Waals surface area (Å²) >= 11 is 6.02. The van der Waals surface area contributed by atoms with Gasteiger partial charge in [-0.2, -0.15) is 13.2 Å². The molecule has 0 bridgehead atoms. The van der Waals surface area contributed by atoms with Crippen LogP contribution in [0.15, 0.2) is 41.2 Å². The van der Waals surface area contributed by atoms with Crippen molar-refractivity contribution in [2.24, 2.45) is 0 Å². The number of aromatic hydroxyl groups is 1. The number of halogens is 4. The van der Waals surface area contributed by atoms with Gasteiger partial charge in [-0.1, -0.05) is 11.6 Å². The Kier molecular flexibility index (Phi) is 4.93. The van der Waals surface area contributed by atoms with Crippen LogP contribution in [0.1, 0.15) is 25.0 Å². The average Bonchev–Trinajstić information content (AvgIpc) is 2.55. The van der Waals surface area contributed by atoms with Gasteiger partial charge in [0.05, 0.1) is 11.2 Å². The van der Waals surface area contributed by atoms with Gasteiger partial charge in [0.1, 0.15) is 5.75 Å². The van der Waals surface area contributed by atoms with Gasteiger partial charge in [-0.25, -0.2) is 0 Å². The number of pyridine rings is 1. The normalized spacial score (nSPS) is 12.5. The lowest BCUT2D eigenvalue weighted by molar-refractivity contribution is -0.137. The first-order valence-electron chi connectivity index (χ1n) is 8.34. The average molecular weight is 412 g/mol. The molecule has 0 saturated heterocycles. The molecule has 0 amide bonds. The summed E-state index contributed by atoms with van der Waals surface area (Å²) in [5, 5.41) is 20.9. The van der Waals surface area contributed by atoms with Gasteiger partial charge in [-0.15, -0.1) is 0 Å². The molecule has 0 atom stereocenters. The molecule has 0 fully saturated rings. The SMILES string of the molecule is CC(C)(O)Cc1c(-c2cc(Cl)ccc2O)c2cc(C(F)(F)F)ccc2[nH]c1=O. The molecule has 0 unspecified atom stereocenters. The van der Waals surface area contributed by atoms with Crippen LogP contribution in [0.25, 0.3) is 22.0 Å². The van der Waals surface area contributed by atoms with E-state index in [1.165, 1.54) is 38.1 Å². The van der Waals surface area contributed by atoms with Crippen LogP contribution in [-0.2, 0) is 12.6 Å². The van der Waals surface area contributed by atoms with Crippen LogP contribution in [0.5, 0.6) is 5.75 Å². The third-order valence-corrected chi connectivity index (χ3v) is 4.51. The summed E-state index contributed by atoms with van der Waals surface area (Å²) in [6.45, 7) is 2.95. The molecule has 0 aliphatic heterocycles. The zero-order chi connectivity index (χ0) is 20.9. The lowest BCUT2D eigenvalue weighted by Crippen LogP contribution is -2.27. The van der Waals surface area contributed by atoms with Crippen molar-refractivity contribution < 1.29 is 23.4 Å². The zero-order valence-electron chi connectivity index (χ0n) is 15.0. The van der Waals surface area contributed by atoms with Gasteiger partial charge in [0.25, 0.3) is 5.56 Å². The van der Waals surface area contributed by atoms with E-state index in [0.29, 0.717) is 0 Å². The van der Waals surface area contributed by atoms with E-state index in [4.69, 9.17) is 11.6 Å². The number of benzene rings is 2. The number of rotatable bonds is 3. The maximum atomic E-state index is 13.3. The number of hydrogen-bond acceptors (Lipinski definition) is 3. The molecular formula is C20H17ClF3NO3. The molecule has 3 aromatic rings. The molecule has 1 heterocycles. The molecule has 0 radical (unpaired) electrons. The summed E-state index contributed by atoms with van der Waals surface area (Å²) in [6, 6.07) is 7.04. The van der Waals surface area contributed by atoms with Gasteiger partial charge in [0.2, 0.25) is 0 Å². The van der Waals surface area contributed by atoms with Crippen LogP contribution in [0.2, 0.25) is 5.02 Å². The summed E-state index contributed by atoms with van der Waals surface area (Å²) < 4.78 is 39.8. The number of hydrogen-bond donors (Lipinski definition) is 3. The van der Waals surface area contributed by atoms with Gasteiger partial charge < -0.3 is 15.2 Å². The highest BCUT2D eigenvalue weighted by Crippen LogP contribution is 2.40. The fourth-order valence-corrected chi connectivity index (χ4v) is 3.30. The summed E-state index contributed by atoms with van der Waals surface area (Å²) in [6.07, 6.45) is -4.73. The molecule has 4 nitrogen and oxygen atoms in total. The van der Waals surface area contributed by atoms with E-state index < -0.39 is 22.9 Å². The van der Waals surface area contributed by atoms with Gasteiger partial charge in [0, 0.05) is 39.0 Å². The highest BCUT2D eigenvalue weighted by atomic mass is 35.5. The summed E-state index contributed by atoms with van der Waals surface area (Å²) in [5.74, 6) is -0.245. The number of phenolic OH excluding ortho intramolecular Hbond substituents is 1. The summed E-state index contributed by atoms with van der Waals surface area (Å²) in [4.78, 5) is 15.2. The predicted molar refractivity (Wildman–Crippen MR) is 102 cm³/mol. The van der Waals surface area contributed by atoms with Crippen molar-refractivity contribution in [3.63, 3.8) is 0 Å². The molecule has 0 spiro atoms. The third-order valence-electron chi connectivity index (χ3n) is 4.28. The second-order valence-corrected chi connectivity index (χ2v) is 7.65. The summed E-state index contributed by atoms with van der Waals surface area (Å²) in [5.41, 5.74) is -2.34. The quantitative estimate of drug-likeness (QED) is 0.574. The molecular weight excluding hydrogens is 395 g/mol. The standard InChI is InChI=1S/C20H17ClF3NO3/c1-19(2,28)9-14-17(13-8-11(21)4-6-16(13)26)12-7-10(20(22,23)24)3-5-15(12)25-18(14)27/h3-8,26,28H,9H2,1-2H3,(H,25,27). The molecule has 3 rings (SSSR count). The lowest BCUT2D eigenvalue weighted by Gasteiger charge is -2.21. The number of alkyl halides is 3. The molecule has 0 aliphatic carbocycles. The highest BCUT2D eigenvalue weighted by Gasteiger charge is 2.31. The minimum Gasteiger partial charge on any atom is -0.507 e. The molecule has 28 heavy (non-hydrogen) atoms. The van der Waals surface area contributed by atoms with Gasteiger partial charge in [0.15, 0.2) is 0 Å². The molecule has 3 N–H and O–H groups in total. The van der Waals surface area contributed by atoms with Crippen LogP contribution in [0.4, 0.5) is 13.2 Å². The Morgan fingerprint density at radius 3 is 2.39 bits per heavy atom. The van der Waals surface area contributed by atoms with E-state index in [-0.39, 0.29) is 44.8 Å². The Labute approximate surface area is 163 Å². The lowest BCUT2D eigenvalue weighted by atomic mass is 9.89. The number of fused-ring (bicyclic) bond motifs is 1. The second-order valence-electron chi connectivity index (χ2n) is 7.22. The van der Waals surface area contributed by atoms with Crippen molar-refractivity contribution in [1.82, 2.24) is 4.98 Å². The first kappa shape index (κ1) is 20.2. The topological polar surface area (TPSA) is 73.3 Å². The van der Waals surface area contributed by atoms with Crippen molar-refractivity contribution >= 4 is 22.5 Å². The number of aliphatic hydroxyl groups is 1. The zero-order valence-corrected chi connectivity index (χ0v) is 15.7. The smallest absolute Gasteiger partial charge is 0.416 e. The molecule has 1 aromatic heterocycles. The van der Waals surface area contributed by atoms with Gasteiger partial charge >= 0.3 is 6.18 Å². The molecule has 0 saturated carbocycles. The second kappa shape index (κ2) is 6.83. The number of phenols is 1. The van der Waals surface area contributed by atoms with Crippen LogP contribution in [0, 0.1) is 0 Å². The fraction of sp³-hybridized carbons (Fsp3) is 0.250. The van der Waals surface area contributed by atoms with E-state index >= 15 is 0 Å². The molecule has 148 valence electrons. The van der Waals surface area contributed by atoms with Crippen LogP contribution in [-0.4, -0.2) is 20.8 Å². The highest BCUT2D eigenvalue weighted by molar-refractivity contribution is 6.31. The van der Waals surface area contributed by atoms with Crippen molar-refractivity contribution in [2.45, 2.75) is 32.0 Å². The first-order valence-corrected chi connectivity index (χ1v) is 8.72. The Balaban J connectivity index is 2.48. The first-order chi connectivity index (χ1) is 12.9. The van der Waals surface area contributed by atoms with Crippen molar-refractivity contribution in [3.05, 3.63) is 62.9 Å². The maximum Gasteiger partial charge on any atom is 0.416 e. The van der Waals surface area contributed by atoms with E-state index in [1.807, 2.05) is 0 Å². The van der Waals surface area contributed by atoms with Crippen molar-refractivity contribution in [3.8, 4) is 16.9 Å². The minimum atomic E-state index is -4.59. The van der Waals surface area contributed by atoms with Crippen molar-refractivity contribution in [2.75, 3.05) is 0 Å². The Morgan fingerprint density at radius 2 is 1.79 bits per heavy atom. The van der Waals surface area contributed by atoms with Crippen LogP contribution < -0.4 is 5.56 Å². The van der Waals surface area contributed by atoms with Crippen LogP contribution in [0.3, 0.4) is 0 Å². The molecule has 0 aliphatic rings. The van der Waals surface area contributed by atoms with Gasteiger partial charge in [-0.05, 0) is 50.2 Å². The number of H-pyrrole nitrogens is 1. The van der Waals surface area contributed by atoms with Crippen molar-refractivity contribution in [1.29, 1.82) is 0 Å². The largest absolute Gasteiger partial charge is 0.507 e. The molecule has 2 aromatic carbocycles. The Hall–Kier alpha value is -2.51. The summed E-state index contributed by atoms with van der Waals surface area (Å²) in [7, 11) is 0. The number of nitrogens with one attached hydrogen (secondary N) is 1. The number of aromatic nitrogens is 1. The maximum absolute atomic E-state index is 13.3. The molecule has 8 heteroatoms. The third kappa shape index (κ3) is 4.00.